The van der Waals surface area contributed by atoms with Crippen LogP contribution in [0.1, 0.15) is 408 Å². The summed E-state index contributed by atoms with van der Waals surface area (Å²) in [6.45, 7) is 9.63. The molecule has 0 fully saturated rings. The van der Waals surface area contributed by atoms with Gasteiger partial charge < -0.3 is 33.8 Å². The number of carbonyl (C=O) groups is 4. The molecule has 3 N–H and O–H groups in total. The van der Waals surface area contributed by atoms with Gasteiger partial charge in [0.25, 0.3) is 0 Å². The van der Waals surface area contributed by atoms with Crippen LogP contribution in [-0.2, 0) is 65.4 Å². The number of phosphoric ester groups is 2. The first kappa shape index (κ1) is 95.1. The largest absolute Gasteiger partial charge is 0.472 e. The van der Waals surface area contributed by atoms with E-state index in [1.807, 2.05) is 0 Å². The van der Waals surface area contributed by atoms with Gasteiger partial charge in [0.15, 0.2) is 12.2 Å². The summed E-state index contributed by atoms with van der Waals surface area (Å²) < 4.78 is 68.7. The van der Waals surface area contributed by atoms with Crippen LogP contribution in [0, 0.1) is 11.8 Å². The minimum absolute atomic E-state index is 0.107. The maximum Gasteiger partial charge on any atom is 0.472 e. The summed E-state index contributed by atoms with van der Waals surface area (Å²) in [5, 5.41) is 10.6. The summed E-state index contributed by atoms with van der Waals surface area (Å²) in [6, 6.07) is 0. The summed E-state index contributed by atoms with van der Waals surface area (Å²) in [5.41, 5.74) is 0. The minimum atomic E-state index is -4.96. The molecule has 0 aliphatic rings. The number of hydrogen-bond acceptors (Lipinski definition) is 15. The molecule has 0 rings (SSSR count). The number of phosphoric acid groups is 2. The molecule has 97 heavy (non-hydrogen) atoms. The topological polar surface area (TPSA) is 237 Å². The van der Waals surface area contributed by atoms with Gasteiger partial charge in [-0.1, -0.05) is 356 Å². The summed E-state index contributed by atoms with van der Waals surface area (Å²) in [4.78, 5) is 73.0. The molecule has 0 aromatic rings. The molecule has 0 aliphatic carbocycles. The molecule has 0 aliphatic heterocycles. The number of aliphatic hydroxyl groups is 1. The predicted molar refractivity (Wildman–Crippen MR) is 395 cm³/mol. The zero-order chi connectivity index (χ0) is 71.4. The van der Waals surface area contributed by atoms with Crippen LogP contribution in [-0.4, -0.2) is 96.7 Å². The normalized spacial score (nSPS) is 14.0. The Morgan fingerprint density at radius 1 is 0.278 bits per heavy atom. The standard InChI is InChI=1S/C78H152O17P2/c1-7-9-11-13-15-17-19-21-22-24-31-37-43-49-55-61-76(81)89-66-73(94-77(82)62-56-50-44-38-32-26-25-28-34-40-46-52-58-70(3)4)68-92-96(84,85)90-64-72(79)65-91-97(86,87)93-69-74(67-88-75(80)60-54-48-42-36-30-23-20-18-16-14-12-10-8-2)95-78(83)63-57-51-45-39-33-27-29-35-41-47-53-59-71(5)6/h70-74,79H,7-69H2,1-6H3,(H,84,85)(H,86,87)/t72-,73-,74-/m1/s1. The average Bonchev–Trinajstić information content (AvgIpc) is 1.02. The zero-order valence-electron chi connectivity index (χ0n) is 63.4. The van der Waals surface area contributed by atoms with Gasteiger partial charge in [0.2, 0.25) is 0 Å². The Morgan fingerprint density at radius 2 is 0.474 bits per heavy atom. The molecule has 19 heteroatoms. The average molecular weight is 1420 g/mol. The number of unbranched alkanes of at least 4 members (excludes halogenated alkanes) is 47. The number of aliphatic hydroxyl groups excluding tert-OH is 1. The van der Waals surface area contributed by atoms with Gasteiger partial charge in [-0.25, -0.2) is 9.13 Å². The third kappa shape index (κ3) is 72.2. The monoisotopic (exact) mass is 1420 g/mol. The van der Waals surface area contributed by atoms with E-state index >= 15 is 0 Å². The Hall–Kier alpha value is -1.94. The van der Waals surface area contributed by atoms with Crippen molar-refractivity contribution in [3.8, 4) is 0 Å². The first-order chi connectivity index (χ1) is 46.9. The van der Waals surface area contributed by atoms with E-state index in [9.17, 15) is 43.2 Å². The smallest absolute Gasteiger partial charge is 0.462 e. The van der Waals surface area contributed by atoms with Crippen molar-refractivity contribution in [2.45, 2.75) is 426 Å². The lowest BCUT2D eigenvalue weighted by molar-refractivity contribution is -0.161. The molecular formula is C78H152O17P2. The Balaban J connectivity index is 5.27. The SMILES string of the molecule is CCCCCCCCCCCCCCCCCC(=O)OC[C@H](COP(=O)(O)OC[C@@H](O)COP(=O)(O)OC[C@@H](COC(=O)CCCCCCCCCCCCCCC)OC(=O)CCCCCCCCCCCCCC(C)C)OC(=O)CCCCCCCCCCCCCCC(C)C. The first-order valence-corrected chi connectivity index (χ1v) is 43.5. The highest BCUT2D eigenvalue weighted by Gasteiger charge is 2.30. The summed E-state index contributed by atoms with van der Waals surface area (Å²) in [7, 11) is -9.92. The maximum absolute atomic E-state index is 13.1. The Bertz CT molecular complexity index is 1870. The summed E-state index contributed by atoms with van der Waals surface area (Å²) in [5.74, 6) is -0.568. The molecule has 2 unspecified atom stereocenters. The van der Waals surface area contributed by atoms with Gasteiger partial charge >= 0.3 is 39.5 Å². The van der Waals surface area contributed by atoms with Crippen LogP contribution in [0.5, 0.6) is 0 Å². The molecule has 17 nitrogen and oxygen atoms in total. The van der Waals surface area contributed by atoms with Crippen LogP contribution in [0.15, 0.2) is 0 Å². The van der Waals surface area contributed by atoms with E-state index in [1.165, 1.54) is 225 Å². The highest BCUT2D eigenvalue weighted by Crippen LogP contribution is 2.45. The second-order valence-corrected chi connectivity index (χ2v) is 32.0. The first-order valence-electron chi connectivity index (χ1n) is 40.5. The number of esters is 4. The maximum atomic E-state index is 13.1. The van der Waals surface area contributed by atoms with Gasteiger partial charge in [-0.15, -0.1) is 0 Å². The molecule has 0 saturated heterocycles. The van der Waals surface area contributed by atoms with Gasteiger partial charge in [0.1, 0.15) is 19.3 Å². The molecule has 0 radical (unpaired) electrons. The minimum Gasteiger partial charge on any atom is -0.462 e. The van der Waals surface area contributed by atoms with Gasteiger partial charge in [-0.2, -0.15) is 0 Å². The van der Waals surface area contributed by atoms with Crippen molar-refractivity contribution >= 4 is 39.5 Å². The van der Waals surface area contributed by atoms with Crippen molar-refractivity contribution in [2.24, 2.45) is 11.8 Å². The van der Waals surface area contributed by atoms with E-state index in [2.05, 4.69) is 41.5 Å². The second-order valence-electron chi connectivity index (χ2n) is 29.1. The molecule has 0 amide bonds. The van der Waals surface area contributed by atoms with Crippen molar-refractivity contribution in [2.75, 3.05) is 39.6 Å². The predicted octanol–water partition coefficient (Wildman–Crippen LogP) is 23.1. The van der Waals surface area contributed by atoms with Crippen molar-refractivity contribution in [3.63, 3.8) is 0 Å². The lowest BCUT2D eigenvalue weighted by Gasteiger charge is -2.21. The van der Waals surface area contributed by atoms with Crippen LogP contribution in [0.2, 0.25) is 0 Å². The van der Waals surface area contributed by atoms with Gasteiger partial charge in [0.05, 0.1) is 26.4 Å². The quantitative estimate of drug-likeness (QED) is 0.0222. The molecule has 0 aromatic carbocycles. The van der Waals surface area contributed by atoms with Crippen LogP contribution in [0.25, 0.3) is 0 Å². The lowest BCUT2D eigenvalue weighted by atomic mass is 10.0. The molecule has 0 bridgehead atoms. The lowest BCUT2D eigenvalue weighted by Crippen LogP contribution is -2.30. The summed E-state index contributed by atoms with van der Waals surface area (Å²) in [6.07, 6.45) is 58.0. The van der Waals surface area contributed by atoms with E-state index in [-0.39, 0.29) is 25.7 Å². The fourth-order valence-electron chi connectivity index (χ4n) is 12.0. The number of hydrogen-bond donors (Lipinski definition) is 3. The Labute approximate surface area is 594 Å². The van der Waals surface area contributed by atoms with E-state index in [0.717, 1.165) is 102 Å². The summed E-state index contributed by atoms with van der Waals surface area (Å²) >= 11 is 0. The molecule has 576 valence electrons. The van der Waals surface area contributed by atoms with Crippen molar-refractivity contribution < 1.29 is 80.2 Å². The fourth-order valence-corrected chi connectivity index (χ4v) is 13.6. The van der Waals surface area contributed by atoms with E-state index in [1.54, 1.807) is 0 Å². The van der Waals surface area contributed by atoms with Crippen LogP contribution in [0.3, 0.4) is 0 Å². The molecule has 0 heterocycles. The highest BCUT2D eigenvalue weighted by molar-refractivity contribution is 7.47. The van der Waals surface area contributed by atoms with Gasteiger partial charge in [-0.05, 0) is 37.5 Å². The van der Waals surface area contributed by atoms with Gasteiger partial charge in [0, 0.05) is 25.7 Å². The molecule has 0 aromatic heterocycles. The number of carbonyl (C=O) groups excluding carboxylic acids is 4. The molecular weight excluding hydrogens is 1270 g/mol. The Morgan fingerprint density at radius 3 is 0.701 bits per heavy atom. The second kappa shape index (κ2) is 69.8. The van der Waals surface area contributed by atoms with E-state index < -0.39 is 97.5 Å². The Kier molecular flexibility index (Phi) is 68.4. The van der Waals surface area contributed by atoms with E-state index in [0.29, 0.717) is 25.7 Å². The van der Waals surface area contributed by atoms with Crippen molar-refractivity contribution in [3.05, 3.63) is 0 Å². The highest BCUT2D eigenvalue weighted by atomic mass is 31.2. The molecule has 0 saturated carbocycles. The molecule has 5 atom stereocenters. The van der Waals surface area contributed by atoms with Crippen LogP contribution < -0.4 is 0 Å². The van der Waals surface area contributed by atoms with Crippen LogP contribution in [0.4, 0.5) is 0 Å². The fraction of sp³-hybridized carbons (Fsp3) is 0.949. The van der Waals surface area contributed by atoms with E-state index in [4.69, 9.17) is 37.0 Å². The van der Waals surface area contributed by atoms with Crippen molar-refractivity contribution in [1.29, 1.82) is 0 Å². The third-order valence-electron chi connectivity index (χ3n) is 18.2. The number of rotatable bonds is 77. The van der Waals surface area contributed by atoms with Crippen molar-refractivity contribution in [1.82, 2.24) is 0 Å². The zero-order valence-corrected chi connectivity index (χ0v) is 65.2. The molecule has 0 spiro atoms. The number of ether oxygens (including phenoxy) is 4. The van der Waals surface area contributed by atoms with Gasteiger partial charge in [-0.3, -0.25) is 37.3 Å². The third-order valence-corrected chi connectivity index (χ3v) is 20.1. The van der Waals surface area contributed by atoms with Crippen LogP contribution >= 0.6 is 15.6 Å².